The van der Waals surface area contributed by atoms with Gasteiger partial charge in [0.25, 0.3) is 0 Å². The largest absolute Gasteiger partial charge is 0.476 e. The van der Waals surface area contributed by atoms with Crippen molar-refractivity contribution in [3.05, 3.63) is 83.2 Å². The van der Waals surface area contributed by atoms with Gasteiger partial charge in [-0.3, -0.25) is 4.79 Å². The summed E-state index contributed by atoms with van der Waals surface area (Å²) in [5.74, 6) is -3.98. The lowest BCUT2D eigenvalue weighted by atomic mass is 9.74. The summed E-state index contributed by atoms with van der Waals surface area (Å²) in [4.78, 5) is 67.0. The van der Waals surface area contributed by atoms with Crippen LogP contribution in [-0.4, -0.2) is 83.1 Å². The van der Waals surface area contributed by atoms with Crippen molar-refractivity contribution in [2.75, 3.05) is 0 Å². The van der Waals surface area contributed by atoms with Crippen molar-refractivity contribution in [3.8, 4) is 0 Å². The lowest BCUT2D eigenvalue weighted by Crippen LogP contribution is -2.60. The van der Waals surface area contributed by atoms with Gasteiger partial charge in [-0.05, 0) is 53.7 Å². The minimum atomic E-state index is -1.67. The summed E-state index contributed by atoms with van der Waals surface area (Å²) < 4.78 is 44.1. The molecule has 0 aromatic carbocycles. The lowest BCUT2D eigenvalue weighted by molar-refractivity contribution is -0.201. The number of hydrogen-bond donors (Lipinski definition) is 0. The SMILES string of the molecule is C=C1C(=O)O[C@H]2[C@H]1[C@H](OC(=O)/C(C)=C/C)C[C@]1(C)C=CC3=C(CC(=O)[C@]4(CC=C[C@@]5(C)C[C@@H](OC(=O)/C(C)=C/C)[C@H]6C(=C)C(=O)O[C@@H]6[C@@H]4O5)O3)[C@H]2O1. The molecule has 0 radical (unpaired) electrons. The second-order valence-electron chi connectivity index (χ2n) is 15.2. The second-order valence-corrected chi connectivity index (χ2v) is 15.2. The third kappa shape index (κ3) is 5.62. The van der Waals surface area contributed by atoms with E-state index in [0.29, 0.717) is 22.5 Å². The molecule has 11 atom stereocenters. The highest BCUT2D eigenvalue weighted by Gasteiger charge is 2.66. The lowest BCUT2D eigenvalue weighted by Gasteiger charge is -2.45. The average molecular weight is 717 g/mol. The summed E-state index contributed by atoms with van der Waals surface area (Å²) in [6.07, 6.45) is 4.94. The molecule has 7 aliphatic heterocycles. The van der Waals surface area contributed by atoms with Crippen LogP contribution in [0, 0.1) is 11.8 Å². The molecule has 0 N–H and O–H groups in total. The summed E-state index contributed by atoms with van der Waals surface area (Å²) in [7, 11) is 0. The van der Waals surface area contributed by atoms with Gasteiger partial charge in [-0.15, -0.1) is 0 Å². The van der Waals surface area contributed by atoms with Gasteiger partial charge in [0.1, 0.15) is 42.4 Å². The van der Waals surface area contributed by atoms with Gasteiger partial charge in [0.05, 0.1) is 23.0 Å². The van der Waals surface area contributed by atoms with Gasteiger partial charge < -0.3 is 33.2 Å². The van der Waals surface area contributed by atoms with Crippen LogP contribution < -0.4 is 0 Å². The van der Waals surface area contributed by atoms with Gasteiger partial charge in [-0.2, -0.15) is 0 Å². The summed E-state index contributed by atoms with van der Waals surface area (Å²) in [6.45, 7) is 18.4. The maximum atomic E-state index is 14.8. The van der Waals surface area contributed by atoms with E-state index in [-0.39, 0.29) is 42.6 Å². The standard InChI is InChI=1S/C40H44O12/c1-9-19(3)34(42)46-25-18-39(8)15-12-24-23(30(51-39)31-28(25)21(5)36(44)48-31)16-27(41)40(50-24)14-11-13-38(7)17-26(47-35(43)20(4)10-2)29-22(6)37(45)49-32(29)33(40)52-38/h9-13,15,25-26,28-33H,5-6,14,16-18H2,1-4,7-8H3/b19-9+,20-10+/t25-,26-,28-,29-,30-,31+,32+,33+,38+,39+,40+/m1/s1. The minimum Gasteiger partial charge on any atom is -0.476 e. The van der Waals surface area contributed by atoms with Gasteiger partial charge >= 0.3 is 23.9 Å². The molecular formula is C40H44O12. The molecule has 0 aromatic heterocycles. The Morgan fingerprint density at radius 3 is 1.94 bits per heavy atom. The van der Waals surface area contributed by atoms with Crippen molar-refractivity contribution in [3.63, 3.8) is 0 Å². The maximum Gasteiger partial charge on any atom is 0.334 e. The number of allylic oxidation sites excluding steroid dienone is 3. The normalized spacial score (nSPS) is 41.1. The average Bonchev–Trinajstić information content (AvgIpc) is 3.33. The predicted molar refractivity (Wildman–Crippen MR) is 183 cm³/mol. The number of carbonyl (C=O) groups excluding carboxylic acids is 5. The number of ether oxygens (including phenoxy) is 7. The Hall–Kier alpha value is -4.55. The molecule has 7 rings (SSSR count). The van der Waals surface area contributed by atoms with Crippen molar-refractivity contribution in [2.24, 2.45) is 11.8 Å². The Bertz CT molecular complexity index is 1840. The number of ketones is 1. The molecule has 0 saturated carbocycles. The molecule has 7 heterocycles. The summed E-state index contributed by atoms with van der Waals surface area (Å²) in [6, 6.07) is 0. The zero-order valence-electron chi connectivity index (χ0n) is 30.2. The third-order valence-electron chi connectivity index (χ3n) is 11.7. The van der Waals surface area contributed by atoms with Crippen LogP contribution >= 0.6 is 0 Å². The molecule has 4 saturated heterocycles. The van der Waals surface area contributed by atoms with Gasteiger partial charge in [-0.25, -0.2) is 19.2 Å². The first kappa shape index (κ1) is 35.8. The predicted octanol–water partition coefficient (Wildman–Crippen LogP) is 4.55. The molecule has 12 nitrogen and oxygen atoms in total. The number of rotatable bonds is 4. The van der Waals surface area contributed by atoms with Crippen LogP contribution in [0.2, 0.25) is 0 Å². The summed E-state index contributed by atoms with van der Waals surface area (Å²) in [5, 5.41) is 0. The van der Waals surface area contributed by atoms with Gasteiger partial charge in [0.15, 0.2) is 11.4 Å². The van der Waals surface area contributed by atoms with Gasteiger partial charge in [-0.1, -0.05) is 37.5 Å². The highest BCUT2D eigenvalue weighted by molar-refractivity contribution is 5.95. The van der Waals surface area contributed by atoms with Crippen molar-refractivity contribution in [1.82, 2.24) is 0 Å². The van der Waals surface area contributed by atoms with Crippen LogP contribution in [0.1, 0.15) is 67.2 Å². The molecule has 4 bridgehead atoms. The monoisotopic (exact) mass is 716 g/mol. The molecular weight excluding hydrogens is 672 g/mol. The van der Waals surface area contributed by atoms with E-state index < -0.39 is 89.1 Å². The Morgan fingerprint density at radius 1 is 0.827 bits per heavy atom. The van der Waals surface area contributed by atoms with Crippen LogP contribution in [0.4, 0.5) is 0 Å². The Morgan fingerprint density at radius 2 is 1.37 bits per heavy atom. The minimum absolute atomic E-state index is 0.0923. The van der Waals surface area contributed by atoms with Crippen molar-refractivity contribution in [2.45, 2.75) is 121 Å². The fourth-order valence-electron chi connectivity index (χ4n) is 8.55. The van der Waals surface area contributed by atoms with E-state index in [9.17, 15) is 24.0 Å². The van der Waals surface area contributed by atoms with E-state index in [1.165, 1.54) is 0 Å². The second kappa shape index (κ2) is 12.5. The zero-order chi connectivity index (χ0) is 37.5. The number of fused-ring (bicyclic) bond motifs is 10. The van der Waals surface area contributed by atoms with E-state index in [4.69, 9.17) is 33.2 Å². The highest BCUT2D eigenvalue weighted by atomic mass is 16.6. The zero-order valence-corrected chi connectivity index (χ0v) is 30.2. The molecule has 12 heteroatoms. The molecule has 276 valence electrons. The van der Waals surface area contributed by atoms with E-state index in [1.54, 1.807) is 52.0 Å². The Labute approximate surface area is 302 Å². The molecule has 1 spiro atoms. The topological polar surface area (TPSA) is 150 Å². The Balaban J connectivity index is 1.28. The smallest absolute Gasteiger partial charge is 0.334 e. The number of Topliss-reactive ketones (excluding diaryl/α,β-unsaturated/α-hetero) is 1. The quantitative estimate of drug-likeness (QED) is 0.174. The van der Waals surface area contributed by atoms with E-state index in [1.807, 2.05) is 26.0 Å². The first-order valence-electron chi connectivity index (χ1n) is 17.7. The molecule has 4 fully saturated rings. The van der Waals surface area contributed by atoms with Crippen molar-refractivity contribution in [1.29, 1.82) is 0 Å². The molecule has 0 amide bonds. The van der Waals surface area contributed by atoms with Crippen LogP contribution in [-0.2, 0) is 57.1 Å². The van der Waals surface area contributed by atoms with Crippen LogP contribution in [0.25, 0.3) is 0 Å². The Kier molecular flexibility index (Phi) is 8.65. The molecule has 0 aromatic rings. The van der Waals surface area contributed by atoms with Crippen LogP contribution in [0.15, 0.2) is 83.2 Å². The molecule has 0 unspecified atom stereocenters. The summed E-state index contributed by atoms with van der Waals surface area (Å²) >= 11 is 0. The molecule has 52 heavy (non-hydrogen) atoms. The summed E-state index contributed by atoms with van der Waals surface area (Å²) in [5.41, 5.74) is -2.22. The van der Waals surface area contributed by atoms with E-state index in [0.717, 1.165) is 0 Å². The van der Waals surface area contributed by atoms with Gasteiger partial charge in [0, 0.05) is 53.5 Å². The fourth-order valence-corrected chi connectivity index (χ4v) is 8.55. The van der Waals surface area contributed by atoms with Crippen LogP contribution in [0.5, 0.6) is 0 Å². The highest BCUT2D eigenvalue weighted by Crippen LogP contribution is 2.53. The number of carbonyl (C=O) groups is 5. The van der Waals surface area contributed by atoms with Gasteiger partial charge in [0.2, 0.25) is 0 Å². The van der Waals surface area contributed by atoms with E-state index in [2.05, 4.69) is 13.2 Å². The van der Waals surface area contributed by atoms with Crippen LogP contribution in [0.3, 0.4) is 0 Å². The fraction of sp³-hybridized carbons (Fsp3) is 0.525. The van der Waals surface area contributed by atoms with E-state index >= 15 is 0 Å². The molecule has 0 aliphatic carbocycles. The third-order valence-corrected chi connectivity index (χ3v) is 11.7. The molecule has 7 aliphatic rings. The number of hydrogen-bond acceptors (Lipinski definition) is 12. The van der Waals surface area contributed by atoms with Crippen molar-refractivity contribution < 1.29 is 57.1 Å². The number of esters is 4. The van der Waals surface area contributed by atoms with Crippen molar-refractivity contribution >= 4 is 29.7 Å². The first-order chi connectivity index (χ1) is 24.5. The maximum absolute atomic E-state index is 14.8. The first-order valence-corrected chi connectivity index (χ1v) is 17.7.